The van der Waals surface area contributed by atoms with Gasteiger partial charge < -0.3 is 5.32 Å². The molecule has 1 N–H and O–H groups in total. The molecule has 2 aromatic rings. The van der Waals surface area contributed by atoms with Crippen molar-refractivity contribution in [1.29, 1.82) is 0 Å². The number of nitrogens with zero attached hydrogens (tertiary/aromatic N) is 2. The van der Waals surface area contributed by atoms with Gasteiger partial charge in [-0.25, -0.2) is 0 Å². The largest absolute Gasteiger partial charge is 0.324 e. The average molecular weight is 434 g/mol. The van der Waals surface area contributed by atoms with Crippen LogP contribution in [0.4, 0.5) is 5.69 Å². The lowest BCUT2D eigenvalue weighted by Gasteiger charge is -2.29. The second-order valence-electron chi connectivity index (χ2n) is 8.88. The number of rotatable bonds is 7. The molecule has 2 aromatic carbocycles. The van der Waals surface area contributed by atoms with E-state index in [2.05, 4.69) is 10.2 Å². The van der Waals surface area contributed by atoms with Crippen LogP contribution in [0.1, 0.15) is 65.8 Å². The van der Waals surface area contributed by atoms with Crippen LogP contribution in [-0.4, -0.2) is 46.7 Å². The molecule has 1 fully saturated rings. The number of amides is 3. The quantitative estimate of drug-likeness (QED) is 0.660. The number of hydrogen-bond donors (Lipinski definition) is 1. The van der Waals surface area contributed by atoms with Crippen molar-refractivity contribution in [3.05, 3.63) is 65.2 Å². The molecular weight excluding hydrogens is 402 g/mol. The Morgan fingerprint density at radius 2 is 1.53 bits per heavy atom. The van der Waals surface area contributed by atoms with Crippen molar-refractivity contribution in [2.45, 2.75) is 52.1 Å². The van der Waals surface area contributed by atoms with Crippen molar-refractivity contribution < 1.29 is 14.4 Å². The van der Waals surface area contributed by atoms with E-state index in [0.717, 1.165) is 24.5 Å². The van der Waals surface area contributed by atoms with Gasteiger partial charge in [-0.1, -0.05) is 51.0 Å². The first-order valence-corrected chi connectivity index (χ1v) is 11.6. The third-order valence-electron chi connectivity index (χ3n) is 6.63. The van der Waals surface area contributed by atoms with Gasteiger partial charge in [0.25, 0.3) is 11.8 Å². The van der Waals surface area contributed by atoms with Gasteiger partial charge in [0.2, 0.25) is 5.91 Å². The van der Waals surface area contributed by atoms with Crippen molar-refractivity contribution in [2.24, 2.45) is 5.92 Å². The van der Waals surface area contributed by atoms with E-state index in [1.807, 2.05) is 38.1 Å². The zero-order valence-electron chi connectivity index (χ0n) is 18.8. The fraction of sp³-hybridized carbons (Fsp3) is 0.423. The van der Waals surface area contributed by atoms with Gasteiger partial charge in [0.05, 0.1) is 11.1 Å². The van der Waals surface area contributed by atoms with Crippen molar-refractivity contribution in [1.82, 2.24) is 9.80 Å². The third-order valence-corrected chi connectivity index (χ3v) is 6.63. The molecule has 6 nitrogen and oxygen atoms in total. The summed E-state index contributed by atoms with van der Waals surface area (Å²) in [6, 6.07) is 13.7. The smallest absolute Gasteiger partial charge is 0.262 e. The topological polar surface area (TPSA) is 69.7 Å². The van der Waals surface area contributed by atoms with Gasteiger partial charge >= 0.3 is 0 Å². The van der Waals surface area contributed by atoms with E-state index in [1.54, 1.807) is 24.3 Å². The van der Waals surface area contributed by atoms with Crippen LogP contribution in [0.3, 0.4) is 0 Å². The van der Waals surface area contributed by atoms with Crippen LogP contribution in [-0.2, 0) is 11.3 Å². The van der Waals surface area contributed by atoms with E-state index in [9.17, 15) is 14.4 Å². The Balaban J connectivity index is 1.48. The summed E-state index contributed by atoms with van der Waals surface area (Å²) in [5.41, 5.74) is 2.60. The first-order valence-electron chi connectivity index (χ1n) is 11.6. The molecule has 2 atom stereocenters. The highest BCUT2D eigenvalue weighted by Gasteiger charge is 2.44. The molecule has 2 aliphatic rings. The molecular formula is C26H31N3O3. The average Bonchev–Trinajstić information content (AvgIpc) is 3.06. The first kappa shape index (κ1) is 22.2. The maximum Gasteiger partial charge on any atom is 0.262 e. The number of piperidine rings is 1. The van der Waals surface area contributed by atoms with Gasteiger partial charge in [0.15, 0.2) is 0 Å². The minimum Gasteiger partial charge on any atom is -0.324 e. The number of hydrogen-bond acceptors (Lipinski definition) is 4. The monoisotopic (exact) mass is 433 g/mol. The Morgan fingerprint density at radius 3 is 2.09 bits per heavy atom. The second-order valence-corrected chi connectivity index (χ2v) is 8.88. The first-order chi connectivity index (χ1) is 15.5. The minimum atomic E-state index is -0.861. The number of anilines is 1. The van der Waals surface area contributed by atoms with E-state index < -0.39 is 17.9 Å². The van der Waals surface area contributed by atoms with Crippen LogP contribution in [0.15, 0.2) is 48.5 Å². The lowest BCUT2D eigenvalue weighted by molar-refractivity contribution is -0.121. The number of carbonyl (C=O) groups is 3. The number of carbonyl (C=O) groups excluding carboxylic acids is 3. The molecule has 2 unspecified atom stereocenters. The van der Waals surface area contributed by atoms with Crippen molar-refractivity contribution >= 4 is 23.4 Å². The van der Waals surface area contributed by atoms with E-state index in [-0.39, 0.29) is 11.8 Å². The van der Waals surface area contributed by atoms with E-state index in [1.165, 1.54) is 24.8 Å². The summed E-state index contributed by atoms with van der Waals surface area (Å²) in [7, 11) is 0. The van der Waals surface area contributed by atoms with Crippen molar-refractivity contribution in [3.63, 3.8) is 0 Å². The summed E-state index contributed by atoms with van der Waals surface area (Å²) in [6.45, 7) is 7.04. The number of imide groups is 1. The van der Waals surface area contributed by atoms with Gasteiger partial charge in [-0.15, -0.1) is 0 Å². The predicted molar refractivity (Wildman–Crippen MR) is 124 cm³/mol. The van der Waals surface area contributed by atoms with Gasteiger partial charge in [-0.2, -0.15) is 0 Å². The SMILES string of the molecule is CCC(C)C(C(=O)Nc1ccc(CN2CCCCC2)cc1)N1C(=O)c2ccccc2C1=O. The van der Waals surface area contributed by atoms with Gasteiger partial charge in [-0.3, -0.25) is 24.2 Å². The Bertz CT molecular complexity index is 961. The summed E-state index contributed by atoms with van der Waals surface area (Å²) in [5, 5.41) is 2.93. The van der Waals surface area contributed by atoms with Crippen LogP contribution in [0.5, 0.6) is 0 Å². The molecule has 6 heteroatoms. The molecule has 0 bridgehead atoms. The second kappa shape index (κ2) is 9.65. The van der Waals surface area contributed by atoms with Crippen LogP contribution >= 0.6 is 0 Å². The van der Waals surface area contributed by atoms with E-state index in [0.29, 0.717) is 23.2 Å². The Morgan fingerprint density at radius 1 is 0.938 bits per heavy atom. The molecule has 32 heavy (non-hydrogen) atoms. The van der Waals surface area contributed by atoms with E-state index >= 15 is 0 Å². The highest BCUT2D eigenvalue weighted by molar-refractivity contribution is 6.23. The molecule has 0 spiro atoms. The van der Waals surface area contributed by atoms with Gasteiger partial charge in [0.1, 0.15) is 6.04 Å². The molecule has 0 radical (unpaired) electrons. The molecule has 1 saturated heterocycles. The Labute approximate surface area is 189 Å². The summed E-state index contributed by atoms with van der Waals surface area (Å²) in [5.74, 6) is -1.31. The highest BCUT2D eigenvalue weighted by Crippen LogP contribution is 2.29. The lowest BCUT2D eigenvalue weighted by atomic mass is 9.96. The maximum atomic E-state index is 13.3. The van der Waals surface area contributed by atoms with Crippen molar-refractivity contribution in [2.75, 3.05) is 18.4 Å². The molecule has 3 amide bonds. The lowest BCUT2D eigenvalue weighted by Crippen LogP contribution is -2.50. The molecule has 0 aliphatic carbocycles. The van der Waals surface area contributed by atoms with Crippen molar-refractivity contribution in [3.8, 4) is 0 Å². The summed E-state index contributed by atoms with van der Waals surface area (Å²) >= 11 is 0. The van der Waals surface area contributed by atoms with Gasteiger partial charge in [0, 0.05) is 12.2 Å². The van der Waals surface area contributed by atoms with E-state index in [4.69, 9.17) is 0 Å². The van der Waals surface area contributed by atoms with Crippen LogP contribution in [0.25, 0.3) is 0 Å². The summed E-state index contributed by atoms with van der Waals surface area (Å²) in [6.07, 6.45) is 4.48. The summed E-state index contributed by atoms with van der Waals surface area (Å²) in [4.78, 5) is 42.8. The zero-order chi connectivity index (χ0) is 22.7. The highest BCUT2D eigenvalue weighted by atomic mass is 16.2. The normalized spacial score (nSPS) is 18.4. The van der Waals surface area contributed by atoms with Crippen LogP contribution < -0.4 is 5.32 Å². The number of nitrogens with one attached hydrogen (secondary N) is 1. The maximum absolute atomic E-state index is 13.3. The number of likely N-dealkylation sites (tertiary alicyclic amines) is 1. The Kier molecular flexibility index (Phi) is 6.70. The molecule has 0 saturated carbocycles. The molecule has 168 valence electrons. The summed E-state index contributed by atoms with van der Waals surface area (Å²) < 4.78 is 0. The number of fused-ring (bicyclic) bond motifs is 1. The number of benzene rings is 2. The molecule has 2 aliphatic heterocycles. The fourth-order valence-corrected chi connectivity index (χ4v) is 4.60. The fourth-order valence-electron chi connectivity index (χ4n) is 4.60. The molecule has 0 aromatic heterocycles. The standard InChI is InChI=1S/C26H31N3O3/c1-3-18(2)23(29-25(31)21-9-5-6-10-22(21)26(29)32)24(30)27-20-13-11-19(12-14-20)17-28-15-7-4-8-16-28/h5-6,9-14,18,23H,3-4,7-8,15-17H2,1-2H3,(H,27,30). The zero-order valence-corrected chi connectivity index (χ0v) is 18.8. The molecule has 4 rings (SSSR count). The predicted octanol–water partition coefficient (Wildman–Crippen LogP) is 4.32. The Hall–Kier alpha value is -2.99. The van der Waals surface area contributed by atoms with Crippen LogP contribution in [0, 0.1) is 5.92 Å². The molecule has 2 heterocycles. The van der Waals surface area contributed by atoms with Crippen LogP contribution in [0.2, 0.25) is 0 Å². The minimum absolute atomic E-state index is 0.171. The third kappa shape index (κ3) is 4.46. The van der Waals surface area contributed by atoms with Gasteiger partial charge in [-0.05, 0) is 61.7 Å².